The summed E-state index contributed by atoms with van der Waals surface area (Å²) >= 11 is 3.66. The monoisotopic (exact) mass is 346 g/mol. The Morgan fingerprint density at radius 3 is 2.81 bits per heavy atom. The largest absolute Gasteiger partial charge is 0.341 e. The Hall–Kier alpha value is -1.59. The molecule has 2 N–H and O–H groups in total. The molecule has 0 unspecified atom stereocenters. The lowest BCUT2D eigenvalue weighted by Crippen LogP contribution is -2.07. The molecule has 3 aromatic rings. The number of hydrogen-bond donors (Lipinski definition) is 1. The van der Waals surface area contributed by atoms with Crippen molar-refractivity contribution in [2.45, 2.75) is 33.5 Å². The van der Waals surface area contributed by atoms with Crippen LogP contribution >= 0.6 is 15.9 Å². The molecule has 0 amide bonds. The quantitative estimate of drug-likeness (QED) is 0.786. The number of rotatable bonds is 4. The number of aromatic nitrogens is 3. The van der Waals surface area contributed by atoms with Gasteiger partial charge in [-0.1, -0.05) is 12.1 Å². The van der Waals surface area contributed by atoms with Crippen molar-refractivity contribution in [3.05, 3.63) is 51.9 Å². The highest BCUT2D eigenvalue weighted by Gasteiger charge is 2.13. The van der Waals surface area contributed by atoms with Gasteiger partial charge in [0.15, 0.2) is 0 Å². The van der Waals surface area contributed by atoms with Crippen molar-refractivity contribution in [3.63, 3.8) is 0 Å². The predicted octanol–water partition coefficient (Wildman–Crippen LogP) is 3.44. The van der Waals surface area contributed by atoms with Crippen molar-refractivity contribution in [1.29, 1.82) is 0 Å². The van der Waals surface area contributed by atoms with E-state index < -0.39 is 0 Å². The van der Waals surface area contributed by atoms with Gasteiger partial charge in [0.2, 0.25) is 0 Å². The molecule has 0 radical (unpaired) electrons. The molecule has 0 aliphatic carbocycles. The minimum atomic E-state index is 0.567. The summed E-state index contributed by atoms with van der Waals surface area (Å²) in [7, 11) is 0. The maximum atomic E-state index is 5.82. The van der Waals surface area contributed by atoms with E-state index in [2.05, 4.69) is 67.7 Å². The van der Waals surface area contributed by atoms with Gasteiger partial charge >= 0.3 is 0 Å². The van der Waals surface area contributed by atoms with Gasteiger partial charge in [-0.15, -0.1) is 0 Å². The van der Waals surface area contributed by atoms with Crippen LogP contribution in [0.2, 0.25) is 0 Å². The van der Waals surface area contributed by atoms with Crippen molar-refractivity contribution in [2.24, 2.45) is 5.73 Å². The molecule has 2 heterocycles. The highest BCUT2D eigenvalue weighted by atomic mass is 79.9. The molecule has 0 spiro atoms. The second-order valence-electron chi connectivity index (χ2n) is 5.16. The van der Waals surface area contributed by atoms with Gasteiger partial charge in [0, 0.05) is 30.2 Å². The molecule has 21 heavy (non-hydrogen) atoms. The molecular weight excluding hydrogens is 328 g/mol. The van der Waals surface area contributed by atoms with Crippen LogP contribution in [0.1, 0.15) is 23.9 Å². The predicted molar refractivity (Wildman–Crippen MR) is 89.3 cm³/mol. The number of aryl methyl sites for hydroxylation is 2. The smallest absolute Gasteiger partial charge is 0.0739 e. The van der Waals surface area contributed by atoms with Gasteiger partial charge in [-0.3, -0.25) is 4.68 Å². The fraction of sp³-hybridized carbons (Fsp3) is 0.312. The molecule has 0 bridgehead atoms. The van der Waals surface area contributed by atoms with E-state index in [1.54, 1.807) is 0 Å². The second kappa shape index (κ2) is 5.66. The first kappa shape index (κ1) is 14.4. The van der Waals surface area contributed by atoms with Crippen LogP contribution in [0.25, 0.3) is 10.9 Å². The molecule has 2 aromatic heterocycles. The summed E-state index contributed by atoms with van der Waals surface area (Å²) < 4.78 is 5.40. The van der Waals surface area contributed by atoms with E-state index in [4.69, 9.17) is 5.73 Å². The van der Waals surface area contributed by atoms with E-state index in [1.165, 1.54) is 22.2 Å². The van der Waals surface area contributed by atoms with Gasteiger partial charge in [-0.05, 0) is 47.5 Å². The third-order valence-electron chi connectivity index (χ3n) is 3.90. The van der Waals surface area contributed by atoms with Crippen LogP contribution in [0.15, 0.2) is 34.9 Å². The molecule has 0 aliphatic rings. The summed E-state index contributed by atoms with van der Waals surface area (Å²) in [5.74, 6) is 0. The van der Waals surface area contributed by atoms with E-state index in [1.807, 2.05) is 6.92 Å². The Balaban J connectivity index is 2.07. The van der Waals surface area contributed by atoms with E-state index in [0.717, 1.165) is 23.3 Å². The van der Waals surface area contributed by atoms with Gasteiger partial charge in [-0.2, -0.15) is 5.10 Å². The van der Waals surface area contributed by atoms with Crippen molar-refractivity contribution in [1.82, 2.24) is 14.3 Å². The molecule has 5 heteroatoms. The van der Waals surface area contributed by atoms with Crippen LogP contribution in [-0.2, 0) is 19.6 Å². The standard InChI is InChI=1S/C16H19BrN4/c1-3-21-15(16(17)11(2)19-21)10-20-8-7-13-12(9-18)5-4-6-14(13)20/h4-8H,3,9-10,18H2,1-2H3. The molecular formula is C16H19BrN4. The summed E-state index contributed by atoms with van der Waals surface area (Å²) in [5.41, 5.74) is 10.5. The zero-order valence-corrected chi connectivity index (χ0v) is 13.9. The topological polar surface area (TPSA) is 48.8 Å². The lowest BCUT2D eigenvalue weighted by atomic mass is 10.1. The number of benzene rings is 1. The van der Waals surface area contributed by atoms with Gasteiger partial charge < -0.3 is 10.3 Å². The molecule has 3 rings (SSSR count). The van der Waals surface area contributed by atoms with Crippen LogP contribution in [-0.4, -0.2) is 14.3 Å². The Morgan fingerprint density at radius 2 is 2.10 bits per heavy atom. The van der Waals surface area contributed by atoms with Crippen LogP contribution in [0.5, 0.6) is 0 Å². The molecule has 0 saturated heterocycles. The number of hydrogen-bond acceptors (Lipinski definition) is 2. The van der Waals surface area contributed by atoms with E-state index >= 15 is 0 Å². The summed E-state index contributed by atoms with van der Waals surface area (Å²) in [4.78, 5) is 0. The maximum Gasteiger partial charge on any atom is 0.0739 e. The van der Waals surface area contributed by atoms with Crippen molar-refractivity contribution >= 4 is 26.8 Å². The summed E-state index contributed by atoms with van der Waals surface area (Å²) in [6, 6.07) is 8.44. The van der Waals surface area contributed by atoms with Gasteiger partial charge in [0.05, 0.1) is 22.4 Å². The fourth-order valence-electron chi connectivity index (χ4n) is 2.78. The Kier molecular flexibility index (Phi) is 3.87. The summed E-state index contributed by atoms with van der Waals surface area (Å²) in [6.07, 6.45) is 2.12. The summed E-state index contributed by atoms with van der Waals surface area (Å²) in [5, 5.41) is 5.79. The van der Waals surface area contributed by atoms with E-state index in [9.17, 15) is 0 Å². The number of nitrogens with zero attached hydrogens (tertiary/aromatic N) is 3. The van der Waals surface area contributed by atoms with E-state index in [0.29, 0.717) is 6.54 Å². The zero-order chi connectivity index (χ0) is 15.0. The van der Waals surface area contributed by atoms with Crippen LogP contribution in [0.4, 0.5) is 0 Å². The molecule has 0 fully saturated rings. The minimum Gasteiger partial charge on any atom is -0.341 e. The van der Waals surface area contributed by atoms with Gasteiger partial charge in [0.1, 0.15) is 0 Å². The lowest BCUT2D eigenvalue weighted by Gasteiger charge is -2.09. The van der Waals surface area contributed by atoms with Crippen LogP contribution in [0, 0.1) is 6.92 Å². The Bertz CT molecular complexity index is 785. The van der Waals surface area contributed by atoms with Crippen LogP contribution < -0.4 is 5.73 Å². The molecule has 4 nitrogen and oxygen atoms in total. The average molecular weight is 347 g/mol. The SMILES string of the molecule is CCn1nc(C)c(Br)c1Cn1ccc2c(CN)cccc21. The Morgan fingerprint density at radius 1 is 1.29 bits per heavy atom. The van der Waals surface area contributed by atoms with Crippen molar-refractivity contribution < 1.29 is 0 Å². The lowest BCUT2D eigenvalue weighted by molar-refractivity contribution is 0.601. The average Bonchev–Trinajstić information content (AvgIpc) is 3.03. The highest BCUT2D eigenvalue weighted by molar-refractivity contribution is 9.10. The molecule has 110 valence electrons. The van der Waals surface area contributed by atoms with Crippen molar-refractivity contribution in [2.75, 3.05) is 0 Å². The van der Waals surface area contributed by atoms with E-state index in [-0.39, 0.29) is 0 Å². The van der Waals surface area contributed by atoms with Gasteiger partial charge in [-0.25, -0.2) is 0 Å². The first-order valence-corrected chi connectivity index (χ1v) is 7.93. The number of nitrogens with two attached hydrogens (primary N) is 1. The normalized spacial score (nSPS) is 11.4. The van der Waals surface area contributed by atoms with Crippen molar-refractivity contribution in [3.8, 4) is 0 Å². The first-order valence-electron chi connectivity index (χ1n) is 7.14. The van der Waals surface area contributed by atoms with Gasteiger partial charge in [0.25, 0.3) is 0 Å². The number of halogens is 1. The highest BCUT2D eigenvalue weighted by Crippen LogP contribution is 2.25. The minimum absolute atomic E-state index is 0.567. The molecule has 0 saturated carbocycles. The molecule has 0 atom stereocenters. The van der Waals surface area contributed by atoms with Crippen LogP contribution in [0.3, 0.4) is 0 Å². The second-order valence-corrected chi connectivity index (χ2v) is 5.95. The Labute approximate surface area is 132 Å². The third kappa shape index (κ3) is 2.40. The third-order valence-corrected chi connectivity index (χ3v) is 4.93. The molecule has 1 aromatic carbocycles. The summed E-state index contributed by atoms with van der Waals surface area (Å²) in [6.45, 7) is 6.38. The first-order chi connectivity index (χ1) is 10.2. The fourth-order valence-corrected chi connectivity index (χ4v) is 3.19. The zero-order valence-electron chi connectivity index (χ0n) is 12.3. The molecule has 0 aliphatic heterocycles. The maximum absolute atomic E-state index is 5.82. The number of fused-ring (bicyclic) bond motifs is 1.